The van der Waals surface area contributed by atoms with Gasteiger partial charge in [-0.2, -0.15) is 0 Å². The minimum Gasteiger partial charge on any atom is -0.478 e. The van der Waals surface area contributed by atoms with Gasteiger partial charge in [0, 0.05) is 16.6 Å². The van der Waals surface area contributed by atoms with E-state index in [1.165, 1.54) is 0 Å². The number of nitrogens with one attached hydrogen (secondary N) is 2. The van der Waals surface area contributed by atoms with Gasteiger partial charge < -0.3 is 15.4 Å². The number of aromatic carboxylic acids is 1. The molecule has 100 valence electrons. The second kappa shape index (κ2) is 4.74. The number of aromatic amines is 1. The molecule has 3 rings (SSSR count). The van der Waals surface area contributed by atoms with E-state index in [-0.39, 0.29) is 5.56 Å². The molecule has 0 aliphatic rings. The lowest BCUT2D eigenvalue weighted by atomic mass is 10.1. The average molecular weight is 266 g/mol. The summed E-state index contributed by atoms with van der Waals surface area (Å²) in [5.74, 6) is -0.438. The number of carboxylic acids is 1. The van der Waals surface area contributed by atoms with Gasteiger partial charge in [-0.3, -0.25) is 0 Å². The Morgan fingerprint density at radius 3 is 2.55 bits per heavy atom. The minimum absolute atomic E-state index is 0.267. The number of para-hydroxylation sites is 2. The van der Waals surface area contributed by atoms with Crippen molar-refractivity contribution in [2.45, 2.75) is 6.92 Å². The van der Waals surface area contributed by atoms with Crippen LogP contribution in [0.5, 0.6) is 0 Å². The lowest BCUT2D eigenvalue weighted by Gasteiger charge is -2.08. The quantitative estimate of drug-likeness (QED) is 0.673. The molecule has 0 fully saturated rings. The maximum Gasteiger partial charge on any atom is 0.340 e. The van der Waals surface area contributed by atoms with E-state index in [1.54, 1.807) is 6.07 Å². The lowest BCUT2D eigenvalue weighted by molar-refractivity contribution is 0.0700. The van der Waals surface area contributed by atoms with Crippen LogP contribution in [0.15, 0.2) is 48.5 Å². The van der Waals surface area contributed by atoms with Crippen LogP contribution in [0.4, 0.5) is 11.5 Å². The van der Waals surface area contributed by atoms with Crippen molar-refractivity contribution >= 4 is 28.4 Å². The highest BCUT2D eigenvalue weighted by molar-refractivity contribution is 6.09. The second-order valence-corrected chi connectivity index (χ2v) is 4.67. The van der Waals surface area contributed by atoms with Gasteiger partial charge in [-0.05, 0) is 24.6 Å². The van der Waals surface area contributed by atoms with Crippen LogP contribution in [-0.2, 0) is 0 Å². The normalized spacial score (nSPS) is 10.7. The van der Waals surface area contributed by atoms with E-state index in [4.69, 9.17) is 0 Å². The minimum atomic E-state index is -0.946. The Morgan fingerprint density at radius 1 is 1.10 bits per heavy atom. The molecular formula is C16H14N2O2. The zero-order valence-corrected chi connectivity index (χ0v) is 11.0. The number of benzene rings is 2. The van der Waals surface area contributed by atoms with E-state index in [9.17, 15) is 9.90 Å². The zero-order chi connectivity index (χ0) is 14.1. The van der Waals surface area contributed by atoms with Crippen LogP contribution in [0.2, 0.25) is 0 Å². The first kappa shape index (κ1) is 12.3. The van der Waals surface area contributed by atoms with Crippen molar-refractivity contribution in [2.75, 3.05) is 5.32 Å². The molecule has 4 heteroatoms. The Labute approximate surface area is 116 Å². The molecule has 0 atom stereocenters. The molecular weight excluding hydrogens is 252 g/mol. The monoisotopic (exact) mass is 266 g/mol. The molecule has 4 nitrogen and oxygen atoms in total. The highest BCUT2D eigenvalue weighted by Gasteiger charge is 2.17. The molecule has 0 aliphatic heterocycles. The van der Waals surface area contributed by atoms with Crippen molar-refractivity contribution in [1.29, 1.82) is 0 Å². The molecule has 0 radical (unpaired) electrons. The number of hydrogen-bond donors (Lipinski definition) is 3. The second-order valence-electron chi connectivity index (χ2n) is 4.67. The van der Waals surface area contributed by atoms with Gasteiger partial charge in [-0.25, -0.2) is 4.79 Å². The van der Waals surface area contributed by atoms with E-state index in [1.807, 2.05) is 49.4 Å². The van der Waals surface area contributed by atoms with Crippen LogP contribution >= 0.6 is 0 Å². The van der Waals surface area contributed by atoms with E-state index in [2.05, 4.69) is 10.3 Å². The number of rotatable bonds is 3. The van der Waals surface area contributed by atoms with Crippen LogP contribution in [0.3, 0.4) is 0 Å². The summed E-state index contributed by atoms with van der Waals surface area (Å²) in [6, 6.07) is 15.1. The SMILES string of the molecule is Cc1ccccc1Nc1[nH]c2ccccc2c1C(=O)O. The zero-order valence-electron chi connectivity index (χ0n) is 11.0. The molecule has 0 aliphatic carbocycles. The van der Waals surface area contributed by atoms with Crippen LogP contribution in [0, 0.1) is 6.92 Å². The van der Waals surface area contributed by atoms with Crippen LogP contribution < -0.4 is 5.32 Å². The molecule has 0 amide bonds. The smallest absolute Gasteiger partial charge is 0.340 e. The van der Waals surface area contributed by atoms with Crippen LogP contribution in [0.25, 0.3) is 10.9 Å². The number of hydrogen-bond acceptors (Lipinski definition) is 2. The van der Waals surface area contributed by atoms with Gasteiger partial charge in [0.15, 0.2) is 0 Å². The van der Waals surface area contributed by atoms with Crippen molar-refractivity contribution in [3.63, 3.8) is 0 Å². The third-order valence-electron chi connectivity index (χ3n) is 3.32. The predicted molar refractivity (Wildman–Crippen MR) is 79.7 cm³/mol. The highest BCUT2D eigenvalue weighted by Crippen LogP contribution is 2.29. The van der Waals surface area contributed by atoms with Crippen molar-refractivity contribution in [2.24, 2.45) is 0 Å². The molecule has 0 saturated carbocycles. The molecule has 3 aromatic rings. The Balaban J connectivity index is 2.14. The fourth-order valence-electron chi connectivity index (χ4n) is 2.31. The maximum atomic E-state index is 11.5. The van der Waals surface area contributed by atoms with Crippen molar-refractivity contribution in [3.05, 3.63) is 59.7 Å². The van der Waals surface area contributed by atoms with Crippen LogP contribution in [0.1, 0.15) is 15.9 Å². The van der Waals surface area contributed by atoms with Crippen molar-refractivity contribution in [1.82, 2.24) is 4.98 Å². The third kappa shape index (κ3) is 2.01. The molecule has 0 saturated heterocycles. The van der Waals surface area contributed by atoms with Gasteiger partial charge in [0.1, 0.15) is 11.4 Å². The first-order valence-electron chi connectivity index (χ1n) is 6.33. The first-order valence-corrected chi connectivity index (χ1v) is 6.33. The summed E-state index contributed by atoms with van der Waals surface area (Å²) in [6.07, 6.45) is 0. The number of carboxylic acid groups (broad SMARTS) is 1. The van der Waals surface area contributed by atoms with Gasteiger partial charge in [0.25, 0.3) is 0 Å². The Hall–Kier alpha value is -2.75. The third-order valence-corrected chi connectivity index (χ3v) is 3.32. The highest BCUT2D eigenvalue weighted by atomic mass is 16.4. The number of aromatic nitrogens is 1. The fraction of sp³-hybridized carbons (Fsp3) is 0.0625. The summed E-state index contributed by atoms with van der Waals surface area (Å²) in [4.78, 5) is 14.6. The summed E-state index contributed by atoms with van der Waals surface area (Å²) < 4.78 is 0. The summed E-state index contributed by atoms with van der Waals surface area (Å²) in [5.41, 5.74) is 3.02. The summed E-state index contributed by atoms with van der Waals surface area (Å²) in [5, 5.41) is 13.3. The maximum absolute atomic E-state index is 11.5. The lowest BCUT2D eigenvalue weighted by Crippen LogP contribution is -2.01. The fourth-order valence-corrected chi connectivity index (χ4v) is 2.31. The van der Waals surface area contributed by atoms with Gasteiger partial charge in [0.05, 0.1) is 0 Å². The average Bonchev–Trinajstić information content (AvgIpc) is 2.79. The Kier molecular flexibility index (Phi) is 2.91. The summed E-state index contributed by atoms with van der Waals surface area (Å²) in [7, 11) is 0. The largest absolute Gasteiger partial charge is 0.478 e. The number of H-pyrrole nitrogens is 1. The first-order chi connectivity index (χ1) is 9.66. The summed E-state index contributed by atoms with van der Waals surface area (Å²) >= 11 is 0. The standard InChI is InChI=1S/C16H14N2O2/c1-10-6-2-4-8-12(10)17-15-14(16(19)20)11-7-3-5-9-13(11)18-15/h2-9,17-18H,1H3,(H,19,20). The van der Waals surface area contributed by atoms with E-state index in [0.717, 1.165) is 16.8 Å². The number of aryl methyl sites for hydroxylation is 1. The Morgan fingerprint density at radius 2 is 1.80 bits per heavy atom. The van der Waals surface area contributed by atoms with E-state index < -0.39 is 5.97 Å². The van der Waals surface area contributed by atoms with Crippen LogP contribution in [-0.4, -0.2) is 16.1 Å². The van der Waals surface area contributed by atoms with Gasteiger partial charge >= 0.3 is 5.97 Å². The molecule has 3 N–H and O–H groups in total. The molecule has 20 heavy (non-hydrogen) atoms. The molecule has 0 unspecified atom stereocenters. The summed E-state index contributed by atoms with van der Waals surface area (Å²) in [6.45, 7) is 1.98. The molecule has 0 spiro atoms. The Bertz CT molecular complexity index is 790. The van der Waals surface area contributed by atoms with Crippen molar-refractivity contribution in [3.8, 4) is 0 Å². The number of carbonyl (C=O) groups is 1. The number of anilines is 2. The van der Waals surface area contributed by atoms with Gasteiger partial charge in [-0.15, -0.1) is 0 Å². The van der Waals surface area contributed by atoms with Gasteiger partial charge in [0.2, 0.25) is 0 Å². The van der Waals surface area contributed by atoms with Crippen molar-refractivity contribution < 1.29 is 9.90 Å². The molecule has 0 bridgehead atoms. The predicted octanol–water partition coefficient (Wildman–Crippen LogP) is 3.92. The van der Waals surface area contributed by atoms with E-state index >= 15 is 0 Å². The number of fused-ring (bicyclic) bond motifs is 1. The van der Waals surface area contributed by atoms with E-state index in [0.29, 0.717) is 11.2 Å². The topological polar surface area (TPSA) is 65.1 Å². The van der Waals surface area contributed by atoms with Gasteiger partial charge in [-0.1, -0.05) is 36.4 Å². The molecule has 2 aromatic carbocycles. The molecule has 1 aromatic heterocycles. The molecule has 1 heterocycles.